The lowest BCUT2D eigenvalue weighted by atomic mass is 10.4. The Labute approximate surface area is 90.4 Å². The third-order valence-corrected chi connectivity index (χ3v) is 2.99. The molecule has 0 bridgehead atoms. The van der Waals surface area contributed by atoms with Crippen LogP contribution in [0.2, 0.25) is 0 Å². The smallest absolute Gasteiger partial charge is 0.147 e. The molecule has 86 valence electrons. The standard InChI is InChI=1S/C9H17N3O2S/c1-10-8-9-4-6-12(11-9)5-3-7-15(2,13)14/h4,6,10H,3,5,7-8H2,1-2H3. The van der Waals surface area contributed by atoms with Crippen LogP contribution in [-0.4, -0.2) is 37.3 Å². The Morgan fingerprint density at radius 2 is 2.27 bits per heavy atom. The molecule has 0 saturated heterocycles. The fourth-order valence-corrected chi connectivity index (χ4v) is 1.95. The van der Waals surface area contributed by atoms with E-state index < -0.39 is 9.84 Å². The highest BCUT2D eigenvalue weighted by Gasteiger charge is 2.02. The second-order valence-electron chi connectivity index (χ2n) is 3.58. The van der Waals surface area contributed by atoms with Crippen LogP contribution in [0.3, 0.4) is 0 Å². The minimum Gasteiger partial charge on any atom is -0.314 e. The van der Waals surface area contributed by atoms with E-state index in [0.29, 0.717) is 13.0 Å². The highest BCUT2D eigenvalue weighted by Crippen LogP contribution is 1.98. The van der Waals surface area contributed by atoms with Crippen LogP contribution in [0.1, 0.15) is 12.1 Å². The van der Waals surface area contributed by atoms with Gasteiger partial charge < -0.3 is 5.32 Å². The molecule has 0 unspecified atom stereocenters. The first-order chi connectivity index (χ1) is 7.01. The van der Waals surface area contributed by atoms with Crippen molar-refractivity contribution in [2.75, 3.05) is 19.1 Å². The summed E-state index contributed by atoms with van der Waals surface area (Å²) in [6, 6.07) is 1.93. The Hall–Kier alpha value is -0.880. The molecule has 0 atom stereocenters. The van der Waals surface area contributed by atoms with E-state index in [-0.39, 0.29) is 5.75 Å². The second kappa shape index (κ2) is 5.27. The van der Waals surface area contributed by atoms with Gasteiger partial charge in [-0.1, -0.05) is 0 Å². The summed E-state index contributed by atoms with van der Waals surface area (Å²) in [4.78, 5) is 0. The summed E-state index contributed by atoms with van der Waals surface area (Å²) in [7, 11) is -0.987. The quantitative estimate of drug-likeness (QED) is 0.750. The number of nitrogens with one attached hydrogen (secondary N) is 1. The molecule has 1 aromatic heterocycles. The molecule has 1 aromatic rings. The maximum atomic E-state index is 10.9. The molecule has 15 heavy (non-hydrogen) atoms. The van der Waals surface area contributed by atoms with Gasteiger partial charge in [0, 0.05) is 25.5 Å². The fraction of sp³-hybridized carbons (Fsp3) is 0.667. The van der Waals surface area contributed by atoms with Gasteiger partial charge in [-0.05, 0) is 19.5 Å². The SMILES string of the molecule is CNCc1ccn(CCCS(C)(=O)=O)n1. The molecule has 0 aliphatic carbocycles. The van der Waals surface area contributed by atoms with Crippen molar-refractivity contribution < 1.29 is 8.42 Å². The van der Waals surface area contributed by atoms with Gasteiger partial charge in [0.05, 0.1) is 11.4 Å². The Morgan fingerprint density at radius 1 is 1.53 bits per heavy atom. The monoisotopic (exact) mass is 231 g/mol. The number of nitrogens with zero attached hydrogens (tertiary/aromatic N) is 2. The van der Waals surface area contributed by atoms with Gasteiger partial charge in [0.1, 0.15) is 9.84 Å². The molecule has 0 spiro atoms. The van der Waals surface area contributed by atoms with E-state index >= 15 is 0 Å². The van der Waals surface area contributed by atoms with Crippen molar-refractivity contribution in [2.45, 2.75) is 19.5 Å². The molecule has 0 amide bonds. The minimum atomic E-state index is -2.85. The topological polar surface area (TPSA) is 64.0 Å². The third-order valence-electron chi connectivity index (χ3n) is 1.96. The predicted octanol–water partition coefficient (Wildman–Crippen LogP) is 0.0372. The van der Waals surface area contributed by atoms with E-state index in [2.05, 4.69) is 10.4 Å². The van der Waals surface area contributed by atoms with E-state index in [0.717, 1.165) is 12.2 Å². The Balaban J connectivity index is 2.38. The first-order valence-corrected chi connectivity index (χ1v) is 6.92. The van der Waals surface area contributed by atoms with Crippen LogP contribution in [0.5, 0.6) is 0 Å². The predicted molar refractivity (Wildman–Crippen MR) is 59.3 cm³/mol. The van der Waals surface area contributed by atoms with Crippen molar-refractivity contribution in [1.82, 2.24) is 15.1 Å². The summed E-state index contributed by atoms with van der Waals surface area (Å²) in [6.07, 6.45) is 3.73. The maximum absolute atomic E-state index is 10.9. The molecule has 0 aliphatic rings. The maximum Gasteiger partial charge on any atom is 0.147 e. The number of aryl methyl sites for hydroxylation is 1. The van der Waals surface area contributed by atoms with E-state index in [1.54, 1.807) is 4.68 Å². The minimum absolute atomic E-state index is 0.216. The Bertz CT molecular complexity index is 397. The number of hydrogen-bond donors (Lipinski definition) is 1. The molecule has 6 heteroatoms. The van der Waals surface area contributed by atoms with Crippen LogP contribution in [0.15, 0.2) is 12.3 Å². The van der Waals surface area contributed by atoms with Crippen molar-refractivity contribution in [3.8, 4) is 0 Å². The lowest BCUT2D eigenvalue weighted by Gasteiger charge is -2.00. The normalized spacial score (nSPS) is 11.9. The van der Waals surface area contributed by atoms with Crippen LogP contribution in [0.4, 0.5) is 0 Å². The molecule has 1 N–H and O–H groups in total. The largest absolute Gasteiger partial charge is 0.314 e. The van der Waals surface area contributed by atoms with Crippen LogP contribution >= 0.6 is 0 Å². The highest BCUT2D eigenvalue weighted by molar-refractivity contribution is 7.90. The average molecular weight is 231 g/mol. The molecule has 0 aliphatic heterocycles. The summed E-state index contributed by atoms with van der Waals surface area (Å²) in [6.45, 7) is 1.38. The molecule has 0 fully saturated rings. The second-order valence-corrected chi connectivity index (χ2v) is 5.84. The first-order valence-electron chi connectivity index (χ1n) is 4.86. The zero-order valence-corrected chi connectivity index (χ0v) is 9.92. The Kier molecular flexibility index (Phi) is 4.28. The molecular formula is C9H17N3O2S. The summed E-state index contributed by atoms with van der Waals surface area (Å²) in [5.41, 5.74) is 0.969. The average Bonchev–Trinajstić information content (AvgIpc) is 2.51. The third kappa shape index (κ3) is 4.94. The summed E-state index contributed by atoms with van der Waals surface area (Å²) < 4.78 is 23.6. The van der Waals surface area contributed by atoms with Crippen LogP contribution in [0.25, 0.3) is 0 Å². The summed E-state index contributed by atoms with van der Waals surface area (Å²) in [5.74, 6) is 0.216. The van der Waals surface area contributed by atoms with Gasteiger partial charge in [-0.3, -0.25) is 4.68 Å². The van der Waals surface area contributed by atoms with Crippen molar-refractivity contribution in [2.24, 2.45) is 0 Å². The molecule has 1 heterocycles. The van der Waals surface area contributed by atoms with E-state index in [9.17, 15) is 8.42 Å². The van der Waals surface area contributed by atoms with Crippen molar-refractivity contribution >= 4 is 9.84 Å². The van der Waals surface area contributed by atoms with E-state index in [1.165, 1.54) is 6.26 Å². The molecule has 1 rings (SSSR count). The van der Waals surface area contributed by atoms with Gasteiger partial charge in [0.15, 0.2) is 0 Å². The highest BCUT2D eigenvalue weighted by atomic mass is 32.2. The summed E-state index contributed by atoms with van der Waals surface area (Å²) in [5, 5.41) is 7.28. The van der Waals surface area contributed by atoms with Crippen molar-refractivity contribution in [1.29, 1.82) is 0 Å². The first kappa shape index (κ1) is 12.2. The molecule has 0 radical (unpaired) electrons. The van der Waals surface area contributed by atoms with E-state index in [1.807, 2.05) is 19.3 Å². The molecular weight excluding hydrogens is 214 g/mol. The van der Waals surface area contributed by atoms with Crippen LogP contribution in [0, 0.1) is 0 Å². The zero-order chi connectivity index (χ0) is 11.3. The zero-order valence-electron chi connectivity index (χ0n) is 9.10. The van der Waals surface area contributed by atoms with Gasteiger partial charge in [0.25, 0.3) is 0 Å². The lowest BCUT2D eigenvalue weighted by molar-refractivity contribution is 0.571. The van der Waals surface area contributed by atoms with E-state index in [4.69, 9.17) is 0 Å². The van der Waals surface area contributed by atoms with Gasteiger partial charge >= 0.3 is 0 Å². The lowest BCUT2D eigenvalue weighted by Crippen LogP contribution is -2.09. The molecule has 0 saturated carbocycles. The van der Waals surface area contributed by atoms with Gasteiger partial charge in [-0.25, -0.2) is 8.42 Å². The van der Waals surface area contributed by atoms with Gasteiger partial charge in [-0.15, -0.1) is 0 Å². The van der Waals surface area contributed by atoms with Gasteiger partial charge in [-0.2, -0.15) is 5.10 Å². The number of rotatable bonds is 6. The molecule has 0 aromatic carbocycles. The van der Waals surface area contributed by atoms with Crippen LogP contribution in [-0.2, 0) is 22.9 Å². The fourth-order valence-electron chi connectivity index (χ4n) is 1.29. The number of sulfone groups is 1. The van der Waals surface area contributed by atoms with Crippen LogP contribution < -0.4 is 5.32 Å². The number of aromatic nitrogens is 2. The van der Waals surface area contributed by atoms with Crippen molar-refractivity contribution in [3.63, 3.8) is 0 Å². The Morgan fingerprint density at radius 3 is 2.87 bits per heavy atom. The molecule has 5 nitrogen and oxygen atoms in total. The summed E-state index contributed by atoms with van der Waals surface area (Å²) >= 11 is 0. The van der Waals surface area contributed by atoms with Crippen molar-refractivity contribution in [3.05, 3.63) is 18.0 Å². The van der Waals surface area contributed by atoms with Gasteiger partial charge in [0.2, 0.25) is 0 Å². The number of hydrogen-bond acceptors (Lipinski definition) is 4.